The molecule has 6 nitrogen and oxygen atoms in total. The molecule has 1 saturated heterocycles. The summed E-state index contributed by atoms with van der Waals surface area (Å²) in [5.41, 5.74) is 1.15. The van der Waals surface area contributed by atoms with Gasteiger partial charge >= 0.3 is 0 Å². The van der Waals surface area contributed by atoms with Gasteiger partial charge in [-0.15, -0.1) is 11.3 Å². The Kier molecular flexibility index (Phi) is 5.56. The van der Waals surface area contributed by atoms with E-state index in [-0.39, 0.29) is 17.7 Å². The van der Waals surface area contributed by atoms with Crippen LogP contribution in [0.4, 0.5) is 0 Å². The molecule has 0 saturated carbocycles. The van der Waals surface area contributed by atoms with E-state index in [0.29, 0.717) is 60.3 Å². The smallest absolute Gasteiger partial charge is 0.265 e. The van der Waals surface area contributed by atoms with Crippen LogP contribution in [0.5, 0.6) is 0 Å². The molecular weight excluding hydrogens is 482 g/mol. The van der Waals surface area contributed by atoms with Gasteiger partial charge in [-0.3, -0.25) is 24.2 Å². The summed E-state index contributed by atoms with van der Waals surface area (Å²) in [7, 11) is 0. The fourth-order valence-corrected chi connectivity index (χ4v) is 6.47. The van der Waals surface area contributed by atoms with Crippen LogP contribution < -0.4 is 0 Å². The molecule has 0 atom stereocenters. The topological polar surface area (TPSA) is 60.9 Å². The second kappa shape index (κ2) is 8.75. The molecule has 0 unspecified atom stereocenters. The third-order valence-electron chi connectivity index (χ3n) is 6.88. The van der Waals surface area contributed by atoms with Gasteiger partial charge in [-0.25, -0.2) is 0 Å². The molecule has 35 heavy (non-hydrogen) atoms. The van der Waals surface area contributed by atoms with Crippen molar-refractivity contribution in [1.29, 1.82) is 0 Å². The minimum absolute atomic E-state index is 0.0399. The molecule has 0 spiro atoms. The molecule has 8 heteroatoms. The first-order chi connectivity index (χ1) is 17.0. The van der Waals surface area contributed by atoms with E-state index in [0.717, 1.165) is 20.9 Å². The van der Waals surface area contributed by atoms with Crippen molar-refractivity contribution < 1.29 is 14.4 Å². The number of fused-ring (bicyclic) bond motifs is 1. The Morgan fingerprint density at radius 3 is 2.14 bits per heavy atom. The van der Waals surface area contributed by atoms with Crippen LogP contribution in [-0.2, 0) is 0 Å². The molecule has 176 valence electrons. The number of carbonyl (C=O) groups is 3. The normalized spacial score (nSPS) is 16.5. The number of imide groups is 1. The lowest BCUT2D eigenvalue weighted by molar-refractivity contribution is 0.0552. The highest BCUT2D eigenvalue weighted by atomic mass is 35.5. The minimum Gasteiger partial charge on any atom is -0.335 e. The third-order valence-corrected chi connectivity index (χ3v) is 8.55. The number of benzene rings is 3. The number of piperazine rings is 1. The van der Waals surface area contributed by atoms with Crippen molar-refractivity contribution in [3.8, 4) is 0 Å². The lowest BCUT2D eigenvalue weighted by atomic mass is 9.94. The summed E-state index contributed by atoms with van der Waals surface area (Å²) in [6, 6.07) is 18.9. The average Bonchev–Trinajstić information content (AvgIpc) is 3.23. The van der Waals surface area contributed by atoms with E-state index in [4.69, 9.17) is 11.6 Å². The number of nitrogens with zero attached hydrogens (tertiary/aromatic N) is 3. The summed E-state index contributed by atoms with van der Waals surface area (Å²) in [5.74, 6) is -0.526. The Labute approximate surface area is 211 Å². The first-order valence-corrected chi connectivity index (χ1v) is 12.8. The predicted octanol–water partition coefficient (Wildman–Crippen LogP) is 4.76. The van der Waals surface area contributed by atoms with Gasteiger partial charge in [0, 0.05) is 65.9 Å². The summed E-state index contributed by atoms with van der Waals surface area (Å²) in [4.78, 5) is 45.3. The zero-order chi connectivity index (χ0) is 24.1. The van der Waals surface area contributed by atoms with E-state index in [1.54, 1.807) is 12.1 Å². The molecule has 1 aromatic heterocycles. The van der Waals surface area contributed by atoms with Crippen LogP contribution in [0.2, 0.25) is 5.02 Å². The molecule has 1 fully saturated rings. The van der Waals surface area contributed by atoms with E-state index in [9.17, 15) is 14.4 Å². The molecule has 3 aromatic carbocycles. The number of hydrogen-bond acceptors (Lipinski definition) is 5. The van der Waals surface area contributed by atoms with E-state index >= 15 is 0 Å². The molecule has 0 radical (unpaired) electrons. The van der Waals surface area contributed by atoms with Gasteiger partial charge in [-0.2, -0.15) is 0 Å². The summed E-state index contributed by atoms with van der Waals surface area (Å²) in [5, 5.41) is 3.08. The van der Waals surface area contributed by atoms with E-state index < -0.39 is 0 Å². The van der Waals surface area contributed by atoms with Crippen LogP contribution in [-0.4, -0.2) is 71.7 Å². The average molecular weight is 504 g/mol. The van der Waals surface area contributed by atoms with Gasteiger partial charge < -0.3 is 4.90 Å². The number of thiophene rings is 1. The summed E-state index contributed by atoms with van der Waals surface area (Å²) < 4.78 is 1.01. The van der Waals surface area contributed by atoms with Crippen molar-refractivity contribution >= 4 is 61.5 Å². The standard InChI is InChI=1S/C27H22ClN3O3S/c28-23-18-7-1-2-10-21(18)35-24(23)27(34)30-14-11-29(12-15-30)13-16-31-25(32)19-8-3-5-17-6-4-9-20(22(17)19)26(31)33/h1-10H,11-16H2. The van der Waals surface area contributed by atoms with Gasteiger partial charge in [0.15, 0.2) is 0 Å². The second-order valence-corrected chi connectivity index (χ2v) is 10.3. The molecule has 3 amide bonds. The molecule has 6 rings (SSSR count). The van der Waals surface area contributed by atoms with Gasteiger partial charge in [-0.1, -0.05) is 54.1 Å². The van der Waals surface area contributed by atoms with Gasteiger partial charge in [-0.05, 0) is 23.6 Å². The predicted molar refractivity (Wildman–Crippen MR) is 138 cm³/mol. The van der Waals surface area contributed by atoms with Crippen LogP contribution in [0.3, 0.4) is 0 Å². The maximum Gasteiger partial charge on any atom is 0.265 e. The Morgan fingerprint density at radius 1 is 0.829 bits per heavy atom. The van der Waals surface area contributed by atoms with Crippen LogP contribution in [0.25, 0.3) is 20.9 Å². The number of rotatable bonds is 4. The van der Waals surface area contributed by atoms with Crippen LogP contribution in [0.1, 0.15) is 30.4 Å². The maximum atomic E-state index is 13.1. The number of hydrogen-bond donors (Lipinski definition) is 0. The van der Waals surface area contributed by atoms with Crippen LogP contribution >= 0.6 is 22.9 Å². The van der Waals surface area contributed by atoms with Gasteiger partial charge in [0.1, 0.15) is 4.88 Å². The highest BCUT2D eigenvalue weighted by Gasteiger charge is 2.33. The largest absolute Gasteiger partial charge is 0.335 e. The Morgan fingerprint density at radius 2 is 1.49 bits per heavy atom. The summed E-state index contributed by atoms with van der Waals surface area (Å²) in [6.07, 6.45) is 0. The van der Waals surface area contributed by atoms with Gasteiger partial charge in [0.25, 0.3) is 17.7 Å². The minimum atomic E-state index is -0.243. The summed E-state index contributed by atoms with van der Waals surface area (Å²) >= 11 is 7.94. The quantitative estimate of drug-likeness (QED) is 0.377. The second-order valence-electron chi connectivity index (χ2n) is 8.85. The third kappa shape index (κ3) is 3.71. The zero-order valence-corrected chi connectivity index (χ0v) is 20.4. The molecule has 0 bridgehead atoms. The molecular formula is C27H22ClN3O3S. The Hall–Kier alpha value is -3.26. The number of halogens is 1. The van der Waals surface area contributed by atoms with Crippen molar-refractivity contribution in [2.75, 3.05) is 39.3 Å². The Bertz CT molecular complexity index is 1460. The molecule has 0 N–H and O–H groups in total. The van der Waals surface area contributed by atoms with E-state index in [1.807, 2.05) is 53.4 Å². The zero-order valence-electron chi connectivity index (χ0n) is 18.9. The first-order valence-electron chi connectivity index (χ1n) is 11.6. The fourth-order valence-electron chi connectivity index (χ4n) is 4.99. The molecule has 2 aliphatic rings. The highest BCUT2D eigenvalue weighted by molar-refractivity contribution is 7.21. The van der Waals surface area contributed by atoms with E-state index in [1.165, 1.54) is 16.2 Å². The van der Waals surface area contributed by atoms with Crippen molar-refractivity contribution in [1.82, 2.24) is 14.7 Å². The highest BCUT2D eigenvalue weighted by Crippen LogP contribution is 2.36. The molecule has 3 heterocycles. The fraction of sp³-hybridized carbons (Fsp3) is 0.222. The number of amides is 3. The van der Waals surface area contributed by atoms with Crippen LogP contribution in [0.15, 0.2) is 60.7 Å². The first kappa shape index (κ1) is 22.2. The van der Waals surface area contributed by atoms with E-state index in [2.05, 4.69) is 4.90 Å². The summed E-state index contributed by atoms with van der Waals surface area (Å²) in [6.45, 7) is 3.40. The van der Waals surface area contributed by atoms with Gasteiger partial charge in [0.05, 0.1) is 5.02 Å². The van der Waals surface area contributed by atoms with Crippen molar-refractivity contribution in [2.45, 2.75) is 0 Å². The lowest BCUT2D eigenvalue weighted by Gasteiger charge is -2.36. The molecule has 0 aliphatic carbocycles. The lowest BCUT2D eigenvalue weighted by Crippen LogP contribution is -2.51. The SMILES string of the molecule is O=C(c1sc2ccccc2c1Cl)N1CCN(CCN2C(=O)c3cccc4cccc(c34)C2=O)CC1. The van der Waals surface area contributed by atoms with Crippen molar-refractivity contribution in [3.63, 3.8) is 0 Å². The van der Waals surface area contributed by atoms with Crippen molar-refractivity contribution in [3.05, 3.63) is 81.7 Å². The van der Waals surface area contributed by atoms with Gasteiger partial charge in [0.2, 0.25) is 0 Å². The molecule has 4 aromatic rings. The van der Waals surface area contributed by atoms with Crippen LogP contribution in [0, 0.1) is 0 Å². The number of carbonyl (C=O) groups excluding carboxylic acids is 3. The van der Waals surface area contributed by atoms with Crippen molar-refractivity contribution in [2.24, 2.45) is 0 Å². The molecule has 2 aliphatic heterocycles. The maximum absolute atomic E-state index is 13.1. The Balaban J connectivity index is 1.11. The monoisotopic (exact) mass is 503 g/mol.